The lowest BCUT2D eigenvalue weighted by Gasteiger charge is -2.01. The standard InChI is InChI=1S/C15H12/c1-2-6-12(5-1)11-14-10-9-13-7-3-4-8-15(13)14/h1-5,7-11H,6H2/b14-11+. The second-order valence-corrected chi connectivity index (χ2v) is 3.89. The van der Waals surface area contributed by atoms with Gasteiger partial charge in [0, 0.05) is 0 Å². The molecule has 1 aromatic carbocycles. The van der Waals surface area contributed by atoms with E-state index in [2.05, 4.69) is 60.7 Å². The largest absolute Gasteiger partial charge is 0.0801 e. The Balaban J connectivity index is 2.00. The van der Waals surface area contributed by atoms with Gasteiger partial charge < -0.3 is 0 Å². The normalized spacial score (nSPS) is 19.7. The number of hydrogen-bond acceptors (Lipinski definition) is 0. The molecule has 15 heavy (non-hydrogen) atoms. The van der Waals surface area contributed by atoms with Crippen molar-refractivity contribution in [2.45, 2.75) is 6.42 Å². The number of rotatable bonds is 1. The van der Waals surface area contributed by atoms with Gasteiger partial charge in [0.2, 0.25) is 0 Å². The molecule has 0 spiro atoms. The van der Waals surface area contributed by atoms with E-state index >= 15 is 0 Å². The van der Waals surface area contributed by atoms with Crippen LogP contribution in [0.2, 0.25) is 0 Å². The quantitative estimate of drug-likeness (QED) is 0.631. The van der Waals surface area contributed by atoms with E-state index in [0.717, 1.165) is 6.42 Å². The molecule has 0 heterocycles. The first-order valence-corrected chi connectivity index (χ1v) is 5.28. The van der Waals surface area contributed by atoms with Crippen molar-refractivity contribution in [3.05, 3.63) is 71.3 Å². The Morgan fingerprint density at radius 3 is 2.87 bits per heavy atom. The van der Waals surface area contributed by atoms with Crippen LogP contribution in [0.4, 0.5) is 0 Å². The molecule has 0 aromatic heterocycles. The van der Waals surface area contributed by atoms with Crippen molar-refractivity contribution in [1.29, 1.82) is 0 Å². The van der Waals surface area contributed by atoms with Gasteiger partial charge in [-0.25, -0.2) is 0 Å². The number of allylic oxidation sites excluding steroid dienone is 7. The molecule has 2 aliphatic rings. The van der Waals surface area contributed by atoms with Gasteiger partial charge in [-0.1, -0.05) is 60.7 Å². The summed E-state index contributed by atoms with van der Waals surface area (Å²) in [6.07, 6.45) is 14.2. The van der Waals surface area contributed by atoms with E-state index in [1.807, 2.05) is 0 Å². The average Bonchev–Trinajstić information content (AvgIpc) is 2.89. The third-order valence-electron chi connectivity index (χ3n) is 2.86. The van der Waals surface area contributed by atoms with Gasteiger partial charge in [0.05, 0.1) is 0 Å². The molecule has 72 valence electrons. The molecule has 1 aromatic rings. The van der Waals surface area contributed by atoms with Gasteiger partial charge in [0.15, 0.2) is 0 Å². The zero-order valence-corrected chi connectivity index (χ0v) is 8.48. The summed E-state index contributed by atoms with van der Waals surface area (Å²) in [7, 11) is 0. The topological polar surface area (TPSA) is 0 Å². The Hall–Kier alpha value is -1.82. The van der Waals surface area contributed by atoms with Crippen LogP contribution >= 0.6 is 0 Å². The Kier molecular flexibility index (Phi) is 1.92. The summed E-state index contributed by atoms with van der Waals surface area (Å²) < 4.78 is 0. The van der Waals surface area contributed by atoms with E-state index < -0.39 is 0 Å². The van der Waals surface area contributed by atoms with Crippen molar-refractivity contribution < 1.29 is 0 Å². The first-order chi connectivity index (χ1) is 7.43. The molecule has 3 rings (SSSR count). The molecule has 0 bridgehead atoms. The summed E-state index contributed by atoms with van der Waals surface area (Å²) in [6, 6.07) is 8.53. The summed E-state index contributed by atoms with van der Waals surface area (Å²) in [5, 5.41) is 0. The molecule has 0 aliphatic heterocycles. The molecule has 0 atom stereocenters. The van der Waals surface area contributed by atoms with Gasteiger partial charge >= 0.3 is 0 Å². The van der Waals surface area contributed by atoms with Gasteiger partial charge in [-0.2, -0.15) is 0 Å². The van der Waals surface area contributed by atoms with Gasteiger partial charge in [-0.3, -0.25) is 0 Å². The van der Waals surface area contributed by atoms with E-state index in [-0.39, 0.29) is 0 Å². The lowest BCUT2D eigenvalue weighted by molar-refractivity contribution is 1.33. The molecule has 0 saturated heterocycles. The first-order valence-electron chi connectivity index (χ1n) is 5.28. The minimum Gasteiger partial charge on any atom is -0.0801 e. The monoisotopic (exact) mass is 192 g/mol. The minimum atomic E-state index is 1.07. The molecule has 0 amide bonds. The van der Waals surface area contributed by atoms with E-state index in [4.69, 9.17) is 0 Å². The summed E-state index contributed by atoms with van der Waals surface area (Å²) in [6.45, 7) is 0. The molecule has 0 nitrogen and oxygen atoms in total. The highest BCUT2D eigenvalue weighted by Crippen LogP contribution is 2.30. The lowest BCUT2D eigenvalue weighted by atomic mass is 10.0. The lowest BCUT2D eigenvalue weighted by Crippen LogP contribution is -1.80. The predicted octanol–water partition coefficient (Wildman–Crippen LogP) is 3.98. The van der Waals surface area contributed by atoms with Gasteiger partial charge in [0.25, 0.3) is 0 Å². The first kappa shape index (κ1) is 8.49. The van der Waals surface area contributed by atoms with Crippen LogP contribution in [0.15, 0.2) is 60.2 Å². The highest BCUT2D eigenvalue weighted by molar-refractivity contribution is 5.90. The minimum absolute atomic E-state index is 1.07. The van der Waals surface area contributed by atoms with Crippen molar-refractivity contribution >= 4 is 11.6 Å². The molecule has 0 radical (unpaired) electrons. The third kappa shape index (κ3) is 1.48. The van der Waals surface area contributed by atoms with Gasteiger partial charge in [0.1, 0.15) is 0 Å². The summed E-state index contributed by atoms with van der Waals surface area (Å²) >= 11 is 0. The van der Waals surface area contributed by atoms with Crippen LogP contribution in [0.25, 0.3) is 11.6 Å². The van der Waals surface area contributed by atoms with E-state index in [1.165, 1.54) is 22.3 Å². The molecule has 0 heteroatoms. The van der Waals surface area contributed by atoms with E-state index in [9.17, 15) is 0 Å². The molecule has 0 saturated carbocycles. The van der Waals surface area contributed by atoms with Crippen LogP contribution in [-0.2, 0) is 0 Å². The second kappa shape index (κ2) is 3.39. The Bertz CT molecular complexity index is 511. The number of fused-ring (bicyclic) bond motifs is 1. The van der Waals surface area contributed by atoms with Gasteiger partial charge in [-0.15, -0.1) is 0 Å². The highest BCUT2D eigenvalue weighted by Gasteiger charge is 2.09. The van der Waals surface area contributed by atoms with Crippen LogP contribution in [0.1, 0.15) is 17.5 Å². The SMILES string of the molecule is C1=CCC(/C=C2\C=Cc3ccccc32)=C1. The molecular weight excluding hydrogens is 180 g/mol. The second-order valence-electron chi connectivity index (χ2n) is 3.89. The van der Waals surface area contributed by atoms with Crippen LogP contribution in [0.3, 0.4) is 0 Å². The summed E-state index contributed by atoms with van der Waals surface area (Å²) in [5.41, 5.74) is 5.41. The van der Waals surface area contributed by atoms with Crippen molar-refractivity contribution in [2.75, 3.05) is 0 Å². The third-order valence-corrected chi connectivity index (χ3v) is 2.86. The highest BCUT2D eigenvalue weighted by atomic mass is 14.1. The van der Waals surface area contributed by atoms with Crippen molar-refractivity contribution in [3.63, 3.8) is 0 Å². The molecule has 0 unspecified atom stereocenters. The maximum absolute atomic E-state index is 2.28. The predicted molar refractivity (Wildman–Crippen MR) is 65.3 cm³/mol. The van der Waals surface area contributed by atoms with Crippen molar-refractivity contribution in [1.82, 2.24) is 0 Å². The number of hydrogen-bond donors (Lipinski definition) is 0. The average molecular weight is 192 g/mol. The van der Waals surface area contributed by atoms with Crippen molar-refractivity contribution in [3.8, 4) is 0 Å². The fraction of sp³-hybridized carbons (Fsp3) is 0.0667. The van der Waals surface area contributed by atoms with Crippen molar-refractivity contribution in [2.24, 2.45) is 0 Å². The van der Waals surface area contributed by atoms with Crippen LogP contribution < -0.4 is 0 Å². The molecule has 0 N–H and O–H groups in total. The Morgan fingerprint density at radius 2 is 2.00 bits per heavy atom. The van der Waals surface area contributed by atoms with Crippen LogP contribution in [0.5, 0.6) is 0 Å². The van der Waals surface area contributed by atoms with Crippen LogP contribution in [0, 0.1) is 0 Å². The van der Waals surface area contributed by atoms with E-state index in [1.54, 1.807) is 0 Å². The maximum atomic E-state index is 2.28. The van der Waals surface area contributed by atoms with E-state index in [0.29, 0.717) is 0 Å². The maximum Gasteiger partial charge on any atom is -0.00941 e. The van der Waals surface area contributed by atoms with Gasteiger partial charge in [-0.05, 0) is 28.7 Å². The summed E-state index contributed by atoms with van der Waals surface area (Å²) in [4.78, 5) is 0. The number of benzene rings is 1. The Morgan fingerprint density at radius 1 is 1.07 bits per heavy atom. The summed E-state index contributed by atoms with van der Waals surface area (Å²) in [5.74, 6) is 0. The zero-order valence-electron chi connectivity index (χ0n) is 8.48. The molecule has 0 fully saturated rings. The zero-order chi connectivity index (χ0) is 10.1. The fourth-order valence-electron chi connectivity index (χ4n) is 2.07. The fourth-order valence-corrected chi connectivity index (χ4v) is 2.07. The molecular formula is C15H12. The van der Waals surface area contributed by atoms with Crippen LogP contribution in [-0.4, -0.2) is 0 Å². The smallest absolute Gasteiger partial charge is 0.00941 e. The Labute approximate surface area is 89.9 Å². The molecule has 2 aliphatic carbocycles.